The lowest BCUT2D eigenvalue weighted by atomic mass is 10.0. The van der Waals surface area contributed by atoms with Crippen LogP contribution in [0.4, 0.5) is 10.1 Å². The van der Waals surface area contributed by atoms with Gasteiger partial charge in [0.1, 0.15) is 10.7 Å². The Morgan fingerprint density at radius 3 is 2.48 bits per heavy atom. The second-order valence-electron chi connectivity index (χ2n) is 7.44. The maximum atomic E-state index is 14.5. The Kier molecular flexibility index (Phi) is 5.77. The van der Waals surface area contributed by atoms with Crippen molar-refractivity contribution >= 4 is 37.5 Å². The molecule has 2 aromatic rings. The van der Waals surface area contributed by atoms with Crippen molar-refractivity contribution in [3.63, 3.8) is 0 Å². The fourth-order valence-corrected chi connectivity index (χ4v) is 6.03. The van der Waals surface area contributed by atoms with Crippen LogP contribution < -0.4 is 4.90 Å². The van der Waals surface area contributed by atoms with E-state index < -0.39 is 20.7 Å². The summed E-state index contributed by atoms with van der Waals surface area (Å²) in [6.07, 6.45) is 4.18. The molecule has 8 heteroatoms. The van der Waals surface area contributed by atoms with Crippen LogP contribution in [-0.2, 0) is 16.4 Å². The molecular weight excluding hydrogens is 459 g/mol. The van der Waals surface area contributed by atoms with E-state index in [-0.39, 0.29) is 11.5 Å². The molecule has 0 N–H and O–H groups in total. The number of rotatable bonds is 3. The van der Waals surface area contributed by atoms with Gasteiger partial charge in [0.2, 0.25) is 10.0 Å². The lowest BCUT2D eigenvalue weighted by Crippen LogP contribution is -2.37. The van der Waals surface area contributed by atoms with E-state index in [1.165, 1.54) is 16.4 Å². The number of sulfonamides is 1. The maximum Gasteiger partial charge on any atom is 0.258 e. The number of hydrogen-bond acceptors (Lipinski definition) is 3. The second kappa shape index (κ2) is 8.16. The summed E-state index contributed by atoms with van der Waals surface area (Å²) in [4.78, 5) is 14.4. The zero-order valence-corrected chi connectivity index (χ0v) is 18.3. The Labute approximate surface area is 178 Å². The molecule has 2 aliphatic heterocycles. The summed E-state index contributed by atoms with van der Waals surface area (Å²) < 4.78 is 42.6. The fourth-order valence-electron chi connectivity index (χ4n) is 4.01. The summed E-state index contributed by atoms with van der Waals surface area (Å²) in [6, 6.07) is 9.38. The monoisotopic (exact) mass is 480 g/mol. The highest BCUT2D eigenvalue weighted by molar-refractivity contribution is 9.10. The van der Waals surface area contributed by atoms with Gasteiger partial charge < -0.3 is 4.90 Å². The van der Waals surface area contributed by atoms with Crippen LogP contribution in [-0.4, -0.2) is 38.3 Å². The number of fused-ring (bicyclic) bond motifs is 1. The van der Waals surface area contributed by atoms with Gasteiger partial charge in [-0.2, -0.15) is 4.31 Å². The predicted octanol–water partition coefficient (Wildman–Crippen LogP) is 4.36. The summed E-state index contributed by atoms with van der Waals surface area (Å²) in [5.41, 5.74) is 2.05. The summed E-state index contributed by atoms with van der Waals surface area (Å²) in [5, 5.41) is 0. The van der Waals surface area contributed by atoms with Crippen molar-refractivity contribution in [3.8, 4) is 0 Å². The van der Waals surface area contributed by atoms with Crippen molar-refractivity contribution in [2.45, 2.75) is 37.0 Å². The molecule has 154 valence electrons. The SMILES string of the molecule is O=C(c1ccc(F)c(S(=O)(=O)N2CCCCC2)c1)N1CCCc2cc(Br)ccc21. The first-order valence-corrected chi connectivity index (χ1v) is 12.0. The zero-order chi connectivity index (χ0) is 20.6. The highest BCUT2D eigenvalue weighted by Crippen LogP contribution is 2.32. The molecule has 0 aliphatic carbocycles. The van der Waals surface area contributed by atoms with Crippen LogP contribution in [0.1, 0.15) is 41.6 Å². The lowest BCUT2D eigenvalue weighted by Gasteiger charge is -2.30. The molecule has 1 fully saturated rings. The first-order chi connectivity index (χ1) is 13.9. The number of carbonyl (C=O) groups is 1. The van der Waals surface area contributed by atoms with E-state index in [2.05, 4.69) is 15.9 Å². The summed E-state index contributed by atoms with van der Waals surface area (Å²) in [6.45, 7) is 1.31. The normalized spacial score (nSPS) is 17.8. The first-order valence-electron chi connectivity index (χ1n) is 9.78. The number of anilines is 1. The van der Waals surface area contributed by atoms with Gasteiger partial charge in [-0.3, -0.25) is 4.79 Å². The molecular formula is C21H22BrFN2O3S. The van der Waals surface area contributed by atoms with Crippen LogP contribution in [0.2, 0.25) is 0 Å². The number of halogens is 2. The molecule has 1 amide bonds. The summed E-state index contributed by atoms with van der Waals surface area (Å²) in [7, 11) is -3.96. The van der Waals surface area contributed by atoms with Crippen LogP contribution in [0, 0.1) is 5.82 Å². The van der Waals surface area contributed by atoms with Crippen molar-refractivity contribution < 1.29 is 17.6 Å². The molecule has 0 unspecified atom stereocenters. The number of amides is 1. The van der Waals surface area contributed by atoms with E-state index in [1.807, 2.05) is 18.2 Å². The van der Waals surface area contributed by atoms with Crippen LogP contribution in [0.5, 0.6) is 0 Å². The van der Waals surface area contributed by atoms with Gasteiger partial charge >= 0.3 is 0 Å². The van der Waals surface area contributed by atoms with Crippen LogP contribution in [0.15, 0.2) is 45.8 Å². The quantitative estimate of drug-likeness (QED) is 0.655. The Balaban J connectivity index is 1.69. The van der Waals surface area contributed by atoms with Crippen molar-refractivity contribution in [1.82, 2.24) is 4.31 Å². The molecule has 0 spiro atoms. The molecule has 2 aliphatic rings. The molecule has 5 nitrogen and oxygen atoms in total. The average molecular weight is 481 g/mol. The van der Waals surface area contributed by atoms with E-state index in [9.17, 15) is 17.6 Å². The standard InChI is InChI=1S/C21H22BrFN2O3S/c22-17-7-9-19-15(13-17)5-4-12-25(19)21(26)16-6-8-18(23)20(14-16)29(27,28)24-10-2-1-3-11-24/h6-9,13-14H,1-5,10-12H2. The molecule has 0 saturated carbocycles. The average Bonchev–Trinajstić information content (AvgIpc) is 2.73. The topological polar surface area (TPSA) is 57.7 Å². The van der Waals surface area contributed by atoms with E-state index >= 15 is 0 Å². The van der Waals surface area contributed by atoms with Gasteiger partial charge in [-0.15, -0.1) is 0 Å². The summed E-state index contributed by atoms with van der Waals surface area (Å²) in [5.74, 6) is -1.14. The third-order valence-electron chi connectivity index (χ3n) is 5.52. The third kappa shape index (κ3) is 3.98. The Morgan fingerprint density at radius 2 is 1.72 bits per heavy atom. The highest BCUT2D eigenvalue weighted by Gasteiger charge is 2.31. The van der Waals surface area contributed by atoms with Gasteiger partial charge in [0.15, 0.2) is 0 Å². The van der Waals surface area contributed by atoms with Gasteiger partial charge in [-0.25, -0.2) is 12.8 Å². The fraction of sp³-hybridized carbons (Fsp3) is 0.381. The predicted molar refractivity (Wildman–Crippen MR) is 113 cm³/mol. The van der Waals surface area contributed by atoms with E-state index in [1.54, 1.807) is 4.90 Å². The van der Waals surface area contributed by atoms with Gasteiger partial charge in [-0.1, -0.05) is 22.4 Å². The minimum absolute atomic E-state index is 0.178. The minimum atomic E-state index is -3.96. The smallest absolute Gasteiger partial charge is 0.258 e. The number of hydrogen-bond donors (Lipinski definition) is 0. The van der Waals surface area contributed by atoms with Crippen molar-refractivity contribution in [1.29, 1.82) is 0 Å². The summed E-state index contributed by atoms with van der Waals surface area (Å²) >= 11 is 3.45. The van der Waals surface area contributed by atoms with Gasteiger partial charge in [0.05, 0.1) is 0 Å². The van der Waals surface area contributed by atoms with Crippen molar-refractivity contribution in [2.75, 3.05) is 24.5 Å². The molecule has 2 aromatic carbocycles. The molecule has 2 heterocycles. The number of nitrogens with zero attached hydrogens (tertiary/aromatic N) is 2. The molecule has 29 heavy (non-hydrogen) atoms. The molecule has 1 saturated heterocycles. The van der Waals surface area contributed by atoms with Crippen LogP contribution in [0.3, 0.4) is 0 Å². The van der Waals surface area contributed by atoms with Crippen molar-refractivity contribution in [3.05, 3.63) is 57.8 Å². The molecule has 0 atom stereocenters. The van der Waals surface area contributed by atoms with Crippen LogP contribution >= 0.6 is 15.9 Å². The van der Waals surface area contributed by atoms with Gasteiger partial charge in [-0.05, 0) is 67.6 Å². The lowest BCUT2D eigenvalue weighted by molar-refractivity contribution is 0.0985. The van der Waals surface area contributed by atoms with E-state index in [4.69, 9.17) is 0 Å². The first kappa shape index (κ1) is 20.5. The number of aryl methyl sites for hydroxylation is 1. The molecule has 4 rings (SSSR count). The van der Waals surface area contributed by atoms with E-state index in [0.717, 1.165) is 53.9 Å². The van der Waals surface area contributed by atoms with Crippen LogP contribution in [0.25, 0.3) is 0 Å². The third-order valence-corrected chi connectivity index (χ3v) is 7.92. The molecule has 0 aromatic heterocycles. The van der Waals surface area contributed by atoms with Crippen molar-refractivity contribution in [2.24, 2.45) is 0 Å². The Morgan fingerprint density at radius 1 is 0.966 bits per heavy atom. The minimum Gasteiger partial charge on any atom is -0.308 e. The maximum absolute atomic E-state index is 14.5. The largest absolute Gasteiger partial charge is 0.308 e. The Bertz CT molecular complexity index is 1050. The Hall–Kier alpha value is -1.77. The number of benzene rings is 2. The highest BCUT2D eigenvalue weighted by atomic mass is 79.9. The molecule has 0 bridgehead atoms. The van der Waals surface area contributed by atoms with E-state index in [0.29, 0.717) is 19.6 Å². The van der Waals surface area contributed by atoms with Gasteiger partial charge in [0, 0.05) is 35.4 Å². The second-order valence-corrected chi connectivity index (χ2v) is 10.3. The molecule has 0 radical (unpaired) electrons. The van der Waals surface area contributed by atoms with Gasteiger partial charge in [0.25, 0.3) is 5.91 Å². The zero-order valence-electron chi connectivity index (χ0n) is 15.9. The number of piperidine rings is 1. The number of carbonyl (C=O) groups excluding carboxylic acids is 1.